The lowest BCUT2D eigenvalue weighted by Crippen LogP contribution is -2.43. The fraction of sp³-hybridized carbons (Fsp3) is 0.391. The molecule has 0 radical (unpaired) electrons. The number of urea groups is 1. The van der Waals surface area contributed by atoms with Gasteiger partial charge in [-0.3, -0.25) is 4.90 Å². The third kappa shape index (κ3) is 5.03. The summed E-state index contributed by atoms with van der Waals surface area (Å²) in [6, 6.07) is 15.0. The van der Waals surface area contributed by atoms with Crippen molar-refractivity contribution in [2.75, 3.05) is 39.3 Å². The van der Waals surface area contributed by atoms with E-state index in [0.29, 0.717) is 37.1 Å². The molecule has 168 valence electrons. The number of amides is 2. The van der Waals surface area contributed by atoms with Crippen molar-refractivity contribution in [3.05, 3.63) is 59.7 Å². The lowest BCUT2D eigenvalue weighted by atomic mass is 10.0. The maximum atomic E-state index is 12.6. The van der Waals surface area contributed by atoms with Crippen molar-refractivity contribution in [2.45, 2.75) is 11.8 Å². The second kappa shape index (κ2) is 9.18. The van der Waals surface area contributed by atoms with Crippen molar-refractivity contribution in [3.8, 4) is 11.8 Å². The fourth-order valence-corrected chi connectivity index (χ4v) is 5.28. The van der Waals surface area contributed by atoms with Gasteiger partial charge in [-0.15, -0.1) is 0 Å². The molecule has 32 heavy (non-hydrogen) atoms. The molecule has 2 aliphatic heterocycles. The number of hydrogen-bond donors (Lipinski definition) is 1. The zero-order valence-corrected chi connectivity index (χ0v) is 18.7. The quantitative estimate of drug-likeness (QED) is 0.718. The van der Waals surface area contributed by atoms with Gasteiger partial charge in [-0.2, -0.15) is 5.26 Å². The highest BCUT2D eigenvalue weighted by Crippen LogP contribution is 2.31. The van der Waals surface area contributed by atoms with E-state index in [1.54, 1.807) is 41.3 Å². The minimum atomic E-state index is -3.88. The molecule has 2 aromatic carbocycles. The third-order valence-electron chi connectivity index (χ3n) is 6.06. The lowest BCUT2D eigenvalue weighted by molar-refractivity contribution is 0.197. The second-order valence-corrected chi connectivity index (χ2v) is 10.1. The van der Waals surface area contributed by atoms with Crippen LogP contribution in [0.1, 0.15) is 11.1 Å². The van der Waals surface area contributed by atoms with Crippen molar-refractivity contribution < 1.29 is 17.9 Å². The van der Waals surface area contributed by atoms with Crippen molar-refractivity contribution in [2.24, 2.45) is 11.8 Å². The number of likely N-dealkylation sites (tertiary alicyclic amines) is 2. The molecular weight excluding hydrogens is 428 g/mol. The number of nitriles is 1. The van der Waals surface area contributed by atoms with E-state index in [1.165, 1.54) is 12.1 Å². The summed E-state index contributed by atoms with van der Waals surface area (Å²) in [6.07, 6.45) is 0. The number of carbonyl (C=O) groups is 1. The zero-order chi connectivity index (χ0) is 22.7. The minimum absolute atomic E-state index is 0.0873. The molecular formula is C23H26N4O4S. The maximum absolute atomic E-state index is 12.6. The molecule has 0 aromatic heterocycles. The Morgan fingerprint density at radius 1 is 1.06 bits per heavy atom. The summed E-state index contributed by atoms with van der Waals surface area (Å²) < 4.78 is 32.9. The number of nitrogens with one attached hydrogen (secondary N) is 1. The Morgan fingerprint density at radius 3 is 2.28 bits per heavy atom. The molecule has 2 saturated heterocycles. The first kappa shape index (κ1) is 22.1. The van der Waals surface area contributed by atoms with Gasteiger partial charge in [0.25, 0.3) is 10.0 Å². The zero-order valence-electron chi connectivity index (χ0n) is 17.9. The monoisotopic (exact) mass is 454 g/mol. The molecule has 2 atom stereocenters. The van der Waals surface area contributed by atoms with E-state index < -0.39 is 16.1 Å². The molecule has 2 fully saturated rings. The predicted octanol–water partition coefficient (Wildman–Crippen LogP) is 2.21. The molecule has 0 spiro atoms. The molecule has 2 unspecified atom stereocenters. The number of ether oxygens (including phenoxy) is 1. The van der Waals surface area contributed by atoms with Crippen molar-refractivity contribution in [3.63, 3.8) is 0 Å². The highest BCUT2D eigenvalue weighted by atomic mass is 32.2. The molecule has 0 saturated carbocycles. The summed E-state index contributed by atoms with van der Waals surface area (Å²) in [5.74, 6) is 1.40. The van der Waals surface area contributed by atoms with E-state index in [2.05, 4.69) is 15.7 Å². The van der Waals surface area contributed by atoms with Crippen molar-refractivity contribution in [1.82, 2.24) is 14.5 Å². The molecule has 8 nitrogen and oxygen atoms in total. The Bertz CT molecular complexity index is 1100. The van der Waals surface area contributed by atoms with Crippen LogP contribution in [-0.4, -0.2) is 63.6 Å². The first-order chi connectivity index (χ1) is 15.3. The fourth-order valence-electron chi connectivity index (χ4n) is 4.31. The molecule has 2 aliphatic rings. The van der Waals surface area contributed by atoms with Crippen LogP contribution in [0.3, 0.4) is 0 Å². The van der Waals surface area contributed by atoms with Gasteiger partial charge in [-0.1, -0.05) is 17.7 Å². The molecule has 2 heterocycles. The summed E-state index contributed by atoms with van der Waals surface area (Å²) in [4.78, 5) is 16.6. The molecule has 2 aromatic rings. The largest absolute Gasteiger partial charge is 0.492 e. The molecule has 0 bridgehead atoms. The Kier molecular flexibility index (Phi) is 6.35. The van der Waals surface area contributed by atoms with E-state index >= 15 is 0 Å². The summed E-state index contributed by atoms with van der Waals surface area (Å²) in [6.45, 7) is 6.01. The highest BCUT2D eigenvalue weighted by molar-refractivity contribution is 7.90. The topological polar surface area (TPSA) is 103 Å². The molecule has 9 heteroatoms. The van der Waals surface area contributed by atoms with E-state index in [-0.39, 0.29) is 4.90 Å². The second-order valence-electron chi connectivity index (χ2n) is 8.39. The van der Waals surface area contributed by atoms with Gasteiger partial charge in [0.2, 0.25) is 0 Å². The van der Waals surface area contributed by atoms with Crippen molar-refractivity contribution in [1.29, 1.82) is 5.26 Å². The third-order valence-corrected chi connectivity index (χ3v) is 7.40. The van der Waals surface area contributed by atoms with Crippen LogP contribution >= 0.6 is 0 Å². The predicted molar refractivity (Wildman–Crippen MR) is 119 cm³/mol. The average molecular weight is 455 g/mol. The first-order valence-corrected chi connectivity index (χ1v) is 12.1. The first-order valence-electron chi connectivity index (χ1n) is 10.6. The summed E-state index contributed by atoms with van der Waals surface area (Å²) in [7, 11) is -3.88. The normalized spacial score (nSPS) is 20.6. The smallest absolute Gasteiger partial charge is 0.331 e. The maximum Gasteiger partial charge on any atom is 0.331 e. The van der Waals surface area contributed by atoms with Crippen LogP contribution < -0.4 is 9.46 Å². The Balaban J connectivity index is 1.23. The number of fused-ring (bicyclic) bond motifs is 1. The minimum Gasteiger partial charge on any atom is -0.492 e. The number of benzene rings is 2. The Hall–Kier alpha value is -3.09. The summed E-state index contributed by atoms with van der Waals surface area (Å²) >= 11 is 0. The molecule has 2 amide bonds. The van der Waals surface area contributed by atoms with Crippen LogP contribution in [0, 0.1) is 30.1 Å². The van der Waals surface area contributed by atoms with Gasteiger partial charge >= 0.3 is 6.03 Å². The number of hydrogen-bond acceptors (Lipinski definition) is 6. The van der Waals surface area contributed by atoms with Crippen molar-refractivity contribution >= 4 is 16.1 Å². The molecule has 1 N–H and O–H groups in total. The van der Waals surface area contributed by atoms with E-state index in [1.807, 2.05) is 6.92 Å². The Labute approximate surface area is 188 Å². The van der Waals surface area contributed by atoms with Gasteiger partial charge in [-0.05, 0) is 55.2 Å². The van der Waals surface area contributed by atoms with Gasteiger partial charge < -0.3 is 9.64 Å². The summed E-state index contributed by atoms with van der Waals surface area (Å²) in [5.41, 5.74) is 1.56. The molecule has 4 rings (SSSR count). The molecule has 0 aliphatic carbocycles. The standard InChI is InChI=1S/C23H26N4O4S/c1-17-2-8-22(9-3-17)32(29,30)25-23(28)27-15-19-13-26(14-20(19)16-27)10-11-31-21-6-4-18(12-24)5-7-21/h2-9,19-20H,10-11,13-16H2,1H3,(H,25,28). The average Bonchev–Trinajstić information content (AvgIpc) is 3.33. The highest BCUT2D eigenvalue weighted by Gasteiger charge is 2.42. The SMILES string of the molecule is Cc1ccc(S(=O)(=O)NC(=O)N2CC3CN(CCOc4ccc(C#N)cc4)CC3C2)cc1. The Morgan fingerprint density at radius 2 is 1.69 bits per heavy atom. The van der Waals surface area contributed by atoms with E-state index in [0.717, 1.165) is 30.9 Å². The van der Waals surface area contributed by atoms with E-state index in [4.69, 9.17) is 10.00 Å². The van der Waals surface area contributed by atoms with Gasteiger partial charge in [0.15, 0.2) is 0 Å². The van der Waals surface area contributed by atoms with Gasteiger partial charge in [-0.25, -0.2) is 17.9 Å². The lowest BCUT2D eigenvalue weighted by Gasteiger charge is -2.22. The van der Waals surface area contributed by atoms with Crippen LogP contribution in [-0.2, 0) is 10.0 Å². The number of rotatable bonds is 6. The number of sulfonamides is 1. The van der Waals surface area contributed by atoms with Gasteiger partial charge in [0.1, 0.15) is 12.4 Å². The van der Waals surface area contributed by atoms with Crippen LogP contribution in [0.2, 0.25) is 0 Å². The van der Waals surface area contributed by atoms with Crippen LogP contribution in [0.25, 0.3) is 0 Å². The number of carbonyl (C=O) groups excluding carboxylic acids is 1. The van der Waals surface area contributed by atoms with E-state index in [9.17, 15) is 13.2 Å². The van der Waals surface area contributed by atoms with Gasteiger partial charge in [0, 0.05) is 32.7 Å². The van der Waals surface area contributed by atoms with Crippen LogP contribution in [0.15, 0.2) is 53.4 Å². The van der Waals surface area contributed by atoms with Crippen LogP contribution in [0.5, 0.6) is 5.75 Å². The van der Waals surface area contributed by atoms with Gasteiger partial charge in [0.05, 0.1) is 16.5 Å². The summed E-state index contributed by atoms with van der Waals surface area (Å²) in [5, 5.41) is 8.84. The number of nitrogens with zero attached hydrogens (tertiary/aromatic N) is 3. The van der Waals surface area contributed by atoms with Crippen LogP contribution in [0.4, 0.5) is 4.79 Å². The number of aryl methyl sites for hydroxylation is 1.